The quantitative estimate of drug-likeness (QED) is 0.885. The van der Waals surface area contributed by atoms with Crippen molar-refractivity contribution in [2.75, 3.05) is 11.5 Å². The van der Waals surface area contributed by atoms with Crippen LogP contribution in [-0.2, 0) is 9.84 Å². The molecule has 1 heterocycles. The van der Waals surface area contributed by atoms with E-state index in [9.17, 15) is 17.9 Å². The van der Waals surface area contributed by atoms with Crippen molar-refractivity contribution in [2.24, 2.45) is 5.92 Å². The minimum Gasteiger partial charge on any atom is -0.508 e. The molecule has 1 saturated heterocycles. The van der Waals surface area contributed by atoms with Crippen LogP contribution in [0.25, 0.3) is 0 Å². The molecule has 1 aliphatic heterocycles. The van der Waals surface area contributed by atoms with Crippen molar-refractivity contribution in [3.63, 3.8) is 0 Å². The standard InChI is InChI=1S/C12H15FO3S/c13-12(10-5-1-2-6-11(10)14)9-4-3-7-17(15,16)8-9/h1-2,5-6,9,12,14H,3-4,7-8H2. The summed E-state index contributed by atoms with van der Waals surface area (Å²) in [5, 5.41) is 9.55. The van der Waals surface area contributed by atoms with E-state index in [1.54, 1.807) is 12.1 Å². The zero-order valence-electron chi connectivity index (χ0n) is 9.34. The molecule has 1 aromatic rings. The molecule has 5 heteroatoms. The Morgan fingerprint density at radius 3 is 2.71 bits per heavy atom. The van der Waals surface area contributed by atoms with Crippen molar-refractivity contribution >= 4 is 9.84 Å². The SMILES string of the molecule is O=S1(=O)CCCC(C(F)c2ccccc2O)C1. The second-order valence-corrected chi connectivity index (χ2v) is 6.71. The molecule has 0 aliphatic carbocycles. The van der Waals surface area contributed by atoms with Crippen molar-refractivity contribution in [1.82, 2.24) is 0 Å². The van der Waals surface area contributed by atoms with Gasteiger partial charge in [0.2, 0.25) is 0 Å². The van der Waals surface area contributed by atoms with Gasteiger partial charge in [-0.2, -0.15) is 0 Å². The molecule has 3 nitrogen and oxygen atoms in total. The molecule has 0 spiro atoms. The maximum atomic E-state index is 14.2. The number of phenolic OH excluding ortho intramolecular Hbond substituents is 1. The summed E-state index contributed by atoms with van der Waals surface area (Å²) in [6.07, 6.45) is -0.360. The fourth-order valence-electron chi connectivity index (χ4n) is 2.26. The molecule has 1 aromatic carbocycles. The second-order valence-electron chi connectivity index (χ2n) is 4.48. The van der Waals surface area contributed by atoms with E-state index < -0.39 is 21.9 Å². The van der Waals surface area contributed by atoms with E-state index >= 15 is 0 Å². The van der Waals surface area contributed by atoms with Crippen molar-refractivity contribution in [1.29, 1.82) is 0 Å². The Morgan fingerprint density at radius 2 is 2.06 bits per heavy atom. The summed E-state index contributed by atoms with van der Waals surface area (Å²) in [5.74, 6) is -0.621. The smallest absolute Gasteiger partial charge is 0.150 e. The highest BCUT2D eigenvalue weighted by Gasteiger charge is 2.32. The molecule has 0 saturated carbocycles. The number of hydrogen-bond donors (Lipinski definition) is 1. The predicted molar refractivity (Wildman–Crippen MR) is 63.3 cm³/mol. The molecule has 0 aromatic heterocycles. The molecule has 94 valence electrons. The molecule has 2 atom stereocenters. The number of sulfone groups is 1. The molecule has 0 amide bonds. The fraction of sp³-hybridized carbons (Fsp3) is 0.500. The molecule has 2 rings (SSSR count). The van der Waals surface area contributed by atoms with Crippen molar-refractivity contribution in [3.8, 4) is 5.75 Å². The summed E-state index contributed by atoms with van der Waals surface area (Å²) in [4.78, 5) is 0. The van der Waals surface area contributed by atoms with Crippen LogP contribution < -0.4 is 0 Å². The number of hydrogen-bond acceptors (Lipinski definition) is 3. The van der Waals surface area contributed by atoms with Gasteiger partial charge in [0.05, 0.1) is 11.5 Å². The van der Waals surface area contributed by atoms with Gasteiger partial charge >= 0.3 is 0 Å². The monoisotopic (exact) mass is 258 g/mol. The summed E-state index contributed by atoms with van der Waals surface area (Å²) in [6, 6.07) is 6.17. The summed E-state index contributed by atoms with van der Waals surface area (Å²) < 4.78 is 37.1. The third-order valence-corrected chi connectivity index (χ3v) is 4.99. The number of rotatable bonds is 2. The average molecular weight is 258 g/mol. The molecule has 2 unspecified atom stereocenters. The number of phenols is 1. The predicted octanol–water partition coefficient (Wildman–Crippen LogP) is 2.23. The van der Waals surface area contributed by atoms with Gasteiger partial charge in [0.1, 0.15) is 11.9 Å². The van der Waals surface area contributed by atoms with Gasteiger partial charge in [-0.1, -0.05) is 18.2 Å². The lowest BCUT2D eigenvalue weighted by molar-refractivity contribution is 0.226. The number of aromatic hydroxyl groups is 1. The molecule has 17 heavy (non-hydrogen) atoms. The topological polar surface area (TPSA) is 54.4 Å². The summed E-state index contributed by atoms with van der Waals surface area (Å²) >= 11 is 0. The van der Waals surface area contributed by atoms with Gasteiger partial charge in [0, 0.05) is 11.5 Å². The molecule has 1 N–H and O–H groups in total. The molecule has 1 aliphatic rings. The van der Waals surface area contributed by atoms with Crippen LogP contribution in [0.1, 0.15) is 24.6 Å². The minimum absolute atomic E-state index is 0.108. The Kier molecular flexibility index (Phi) is 3.38. The van der Waals surface area contributed by atoms with Crippen molar-refractivity contribution < 1.29 is 17.9 Å². The highest BCUT2D eigenvalue weighted by Crippen LogP contribution is 2.37. The Bertz CT molecular complexity index is 498. The summed E-state index contributed by atoms with van der Waals surface area (Å²) in [5.41, 5.74) is 0.189. The maximum absolute atomic E-state index is 14.2. The van der Waals surface area contributed by atoms with Crippen LogP contribution >= 0.6 is 0 Å². The van der Waals surface area contributed by atoms with E-state index in [1.807, 2.05) is 0 Å². The van der Waals surface area contributed by atoms with Crippen LogP contribution in [0.15, 0.2) is 24.3 Å². The van der Waals surface area contributed by atoms with Crippen molar-refractivity contribution in [2.45, 2.75) is 19.0 Å². The van der Waals surface area contributed by atoms with Gasteiger partial charge in [-0.3, -0.25) is 0 Å². The van der Waals surface area contributed by atoms with Crippen LogP contribution in [-0.4, -0.2) is 25.0 Å². The Labute approximate surface area is 100 Å². The number of para-hydroxylation sites is 1. The van der Waals surface area contributed by atoms with E-state index in [0.29, 0.717) is 12.8 Å². The zero-order valence-corrected chi connectivity index (χ0v) is 10.2. The highest BCUT2D eigenvalue weighted by molar-refractivity contribution is 7.91. The first kappa shape index (κ1) is 12.4. The van der Waals surface area contributed by atoms with Crippen LogP contribution in [0.4, 0.5) is 4.39 Å². The minimum atomic E-state index is -3.12. The van der Waals surface area contributed by atoms with Gasteiger partial charge < -0.3 is 5.11 Å². The van der Waals surface area contributed by atoms with E-state index in [2.05, 4.69) is 0 Å². The maximum Gasteiger partial charge on any atom is 0.150 e. The normalized spacial score (nSPS) is 25.4. The number of halogens is 1. The van der Waals surface area contributed by atoms with Crippen LogP contribution in [0.3, 0.4) is 0 Å². The van der Waals surface area contributed by atoms with Crippen molar-refractivity contribution in [3.05, 3.63) is 29.8 Å². The fourth-order valence-corrected chi connectivity index (χ4v) is 4.02. The van der Waals surface area contributed by atoms with Gasteiger partial charge in [-0.15, -0.1) is 0 Å². The van der Waals surface area contributed by atoms with Crippen LogP contribution in [0.2, 0.25) is 0 Å². The largest absolute Gasteiger partial charge is 0.508 e. The Hall–Kier alpha value is -1.10. The van der Waals surface area contributed by atoms with E-state index in [0.717, 1.165) is 0 Å². The number of alkyl halides is 1. The first-order valence-electron chi connectivity index (χ1n) is 5.62. The summed E-state index contributed by atoms with van der Waals surface area (Å²) in [6.45, 7) is 0. The van der Waals surface area contributed by atoms with Crippen LogP contribution in [0.5, 0.6) is 5.75 Å². The number of benzene rings is 1. The average Bonchev–Trinajstić information content (AvgIpc) is 2.27. The van der Waals surface area contributed by atoms with E-state index in [4.69, 9.17) is 0 Å². The molecular formula is C12H15FO3S. The first-order valence-corrected chi connectivity index (χ1v) is 7.44. The first-order chi connectivity index (χ1) is 7.99. The van der Waals surface area contributed by atoms with Gasteiger partial charge in [-0.25, -0.2) is 12.8 Å². The molecular weight excluding hydrogens is 243 g/mol. The van der Waals surface area contributed by atoms with E-state index in [1.165, 1.54) is 12.1 Å². The zero-order chi connectivity index (χ0) is 12.5. The Morgan fingerprint density at radius 1 is 1.35 bits per heavy atom. The molecule has 1 fully saturated rings. The molecule has 0 bridgehead atoms. The third-order valence-electron chi connectivity index (χ3n) is 3.15. The second kappa shape index (κ2) is 4.64. The van der Waals surface area contributed by atoms with Gasteiger partial charge in [-0.05, 0) is 18.9 Å². The highest BCUT2D eigenvalue weighted by atomic mass is 32.2. The van der Waals surface area contributed by atoms with Gasteiger partial charge in [0.25, 0.3) is 0 Å². The lowest BCUT2D eigenvalue weighted by atomic mass is 9.94. The molecule has 0 radical (unpaired) electrons. The summed E-state index contributed by atoms with van der Waals surface area (Å²) in [7, 11) is -3.12. The Balaban J connectivity index is 2.21. The third kappa shape index (κ3) is 2.77. The lowest BCUT2D eigenvalue weighted by Crippen LogP contribution is -2.28. The van der Waals surface area contributed by atoms with Crippen LogP contribution in [0, 0.1) is 5.92 Å². The van der Waals surface area contributed by atoms with Gasteiger partial charge in [0.15, 0.2) is 9.84 Å². The van der Waals surface area contributed by atoms with E-state index in [-0.39, 0.29) is 22.8 Å². The lowest BCUT2D eigenvalue weighted by Gasteiger charge is -2.25.